The molecular formula is C14H24F3NO2. The van der Waals surface area contributed by atoms with Gasteiger partial charge < -0.3 is 14.8 Å². The molecule has 2 rings (SSSR count). The summed E-state index contributed by atoms with van der Waals surface area (Å²) >= 11 is 0. The summed E-state index contributed by atoms with van der Waals surface area (Å²) in [5.74, 6) is 0. The van der Waals surface area contributed by atoms with Crippen LogP contribution in [0.3, 0.4) is 0 Å². The number of nitrogens with one attached hydrogen (secondary N) is 1. The molecule has 3 nitrogen and oxygen atoms in total. The summed E-state index contributed by atoms with van der Waals surface area (Å²) in [5, 5.41) is 3.56. The third kappa shape index (κ3) is 5.97. The van der Waals surface area contributed by atoms with E-state index in [0.29, 0.717) is 12.5 Å². The Bertz CT molecular complexity index is 287. The molecule has 0 amide bonds. The zero-order chi connectivity index (χ0) is 14.5. The van der Waals surface area contributed by atoms with Gasteiger partial charge in [-0.1, -0.05) is 0 Å². The molecule has 0 aromatic heterocycles. The van der Waals surface area contributed by atoms with Crippen molar-refractivity contribution in [2.24, 2.45) is 5.41 Å². The molecule has 0 radical (unpaired) electrons. The molecular weight excluding hydrogens is 271 g/mol. The Morgan fingerprint density at radius 1 is 1.20 bits per heavy atom. The lowest BCUT2D eigenvalue weighted by atomic mass is 9.76. The first-order chi connectivity index (χ1) is 9.49. The molecule has 20 heavy (non-hydrogen) atoms. The van der Waals surface area contributed by atoms with E-state index in [4.69, 9.17) is 9.47 Å². The van der Waals surface area contributed by atoms with Gasteiger partial charge >= 0.3 is 6.18 Å². The topological polar surface area (TPSA) is 30.5 Å². The van der Waals surface area contributed by atoms with Crippen molar-refractivity contribution in [3.05, 3.63) is 0 Å². The summed E-state index contributed by atoms with van der Waals surface area (Å²) in [6.07, 6.45) is 1.86. The van der Waals surface area contributed by atoms with Crippen LogP contribution >= 0.6 is 0 Å². The number of hydrogen-bond donors (Lipinski definition) is 1. The normalized spacial score (nSPS) is 22.9. The molecule has 2 fully saturated rings. The lowest BCUT2D eigenvalue weighted by molar-refractivity contribution is -0.174. The molecule has 2 aliphatic rings. The molecule has 0 unspecified atom stereocenters. The van der Waals surface area contributed by atoms with Crippen LogP contribution in [0, 0.1) is 5.41 Å². The second-order valence-corrected chi connectivity index (χ2v) is 6.04. The minimum absolute atomic E-state index is 0.183. The first kappa shape index (κ1) is 16.0. The van der Waals surface area contributed by atoms with Gasteiger partial charge in [-0.2, -0.15) is 13.2 Å². The summed E-state index contributed by atoms with van der Waals surface area (Å²) in [7, 11) is 0. The molecule has 6 heteroatoms. The summed E-state index contributed by atoms with van der Waals surface area (Å²) in [5.41, 5.74) is 0.183. The van der Waals surface area contributed by atoms with E-state index in [-0.39, 0.29) is 12.0 Å². The van der Waals surface area contributed by atoms with E-state index in [1.807, 2.05) is 0 Å². The van der Waals surface area contributed by atoms with Gasteiger partial charge in [-0.15, -0.1) is 0 Å². The molecule has 1 heterocycles. The fourth-order valence-corrected chi connectivity index (χ4v) is 2.71. The van der Waals surface area contributed by atoms with Crippen LogP contribution in [0.25, 0.3) is 0 Å². The highest BCUT2D eigenvalue weighted by Gasteiger charge is 2.34. The van der Waals surface area contributed by atoms with E-state index in [2.05, 4.69) is 5.32 Å². The fraction of sp³-hybridized carbons (Fsp3) is 1.00. The molecule has 1 aliphatic heterocycles. The van der Waals surface area contributed by atoms with E-state index in [9.17, 15) is 13.2 Å². The Hall–Kier alpha value is -0.330. The van der Waals surface area contributed by atoms with Crippen LogP contribution in [-0.2, 0) is 9.47 Å². The molecule has 1 N–H and O–H groups in total. The summed E-state index contributed by atoms with van der Waals surface area (Å²) < 4.78 is 46.0. The van der Waals surface area contributed by atoms with Crippen molar-refractivity contribution >= 4 is 0 Å². The van der Waals surface area contributed by atoms with Gasteiger partial charge in [-0.3, -0.25) is 0 Å². The van der Waals surface area contributed by atoms with E-state index in [1.165, 1.54) is 12.8 Å². The smallest absolute Gasteiger partial charge is 0.381 e. The first-order valence-electron chi connectivity index (χ1n) is 7.45. The predicted octanol–water partition coefficient (Wildman–Crippen LogP) is 2.89. The average molecular weight is 295 g/mol. The number of alkyl halides is 3. The monoisotopic (exact) mass is 295 g/mol. The van der Waals surface area contributed by atoms with Crippen LogP contribution in [-0.4, -0.2) is 45.2 Å². The molecule has 0 aromatic rings. The minimum atomic E-state index is -4.22. The summed E-state index contributed by atoms with van der Waals surface area (Å²) in [4.78, 5) is 0. The highest BCUT2D eigenvalue weighted by atomic mass is 19.4. The standard InChI is InChI=1S/C14H24F3NO2/c15-14(16,17)11-20-7-1-4-13(5-8-19-9-6-13)10-18-12-2-3-12/h12,18H,1-11H2. The Labute approximate surface area is 118 Å². The van der Waals surface area contributed by atoms with Crippen LogP contribution in [0.5, 0.6) is 0 Å². The molecule has 1 aliphatic carbocycles. The first-order valence-corrected chi connectivity index (χ1v) is 7.45. The maximum absolute atomic E-state index is 12.0. The van der Waals surface area contributed by atoms with Gasteiger partial charge in [-0.05, 0) is 43.9 Å². The molecule has 0 bridgehead atoms. The van der Waals surface area contributed by atoms with Crippen molar-refractivity contribution in [1.82, 2.24) is 5.32 Å². The van der Waals surface area contributed by atoms with Crippen molar-refractivity contribution < 1.29 is 22.6 Å². The van der Waals surface area contributed by atoms with Crippen LogP contribution < -0.4 is 5.32 Å². The van der Waals surface area contributed by atoms with Crippen molar-refractivity contribution in [3.63, 3.8) is 0 Å². The SMILES string of the molecule is FC(F)(F)COCCCC1(CNC2CC2)CCOCC1. The highest BCUT2D eigenvalue weighted by molar-refractivity contribution is 4.89. The maximum Gasteiger partial charge on any atom is 0.411 e. The second kappa shape index (κ2) is 7.09. The molecule has 1 saturated carbocycles. The number of rotatable bonds is 8. The van der Waals surface area contributed by atoms with E-state index in [1.54, 1.807) is 0 Å². The van der Waals surface area contributed by atoms with Crippen LogP contribution in [0.15, 0.2) is 0 Å². The Morgan fingerprint density at radius 3 is 2.50 bits per heavy atom. The van der Waals surface area contributed by atoms with Crippen molar-refractivity contribution in [2.45, 2.75) is 50.7 Å². The van der Waals surface area contributed by atoms with Gasteiger partial charge in [0.1, 0.15) is 6.61 Å². The summed E-state index contributed by atoms with van der Waals surface area (Å²) in [6, 6.07) is 0.663. The van der Waals surface area contributed by atoms with Crippen LogP contribution in [0.1, 0.15) is 38.5 Å². The Balaban J connectivity index is 1.67. The second-order valence-electron chi connectivity index (χ2n) is 6.04. The van der Waals surface area contributed by atoms with Crippen LogP contribution in [0.2, 0.25) is 0 Å². The Morgan fingerprint density at radius 2 is 1.90 bits per heavy atom. The van der Waals surface area contributed by atoms with Crippen molar-refractivity contribution in [1.29, 1.82) is 0 Å². The lowest BCUT2D eigenvalue weighted by Gasteiger charge is -2.37. The van der Waals surface area contributed by atoms with Gasteiger partial charge in [0.05, 0.1) is 0 Å². The fourth-order valence-electron chi connectivity index (χ4n) is 2.71. The third-order valence-corrected chi connectivity index (χ3v) is 4.16. The maximum atomic E-state index is 12.0. The third-order valence-electron chi connectivity index (χ3n) is 4.16. The number of ether oxygens (including phenoxy) is 2. The van der Waals surface area contributed by atoms with Crippen molar-refractivity contribution in [3.8, 4) is 0 Å². The highest BCUT2D eigenvalue weighted by Crippen LogP contribution is 2.36. The van der Waals surface area contributed by atoms with Gasteiger partial charge in [-0.25, -0.2) is 0 Å². The van der Waals surface area contributed by atoms with Crippen molar-refractivity contribution in [2.75, 3.05) is 33.0 Å². The molecule has 0 aromatic carbocycles. The quantitative estimate of drug-likeness (QED) is 0.698. The van der Waals surface area contributed by atoms with Gasteiger partial charge in [0.2, 0.25) is 0 Å². The zero-order valence-corrected chi connectivity index (χ0v) is 11.8. The molecule has 0 spiro atoms. The summed E-state index contributed by atoms with van der Waals surface area (Å²) in [6.45, 7) is 1.53. The lowest BCUT2D eigenvalue weighted by Crippen LogP contribution is -2.40. The van der Waals surface area contributed by atoms with E-state index >= 15 is 0 Å². The van der Waals surface area contributed by atoms with Gasteiger partial charge in [0.15, 0.2) is 0 Å². The largest absolute Gasteiger partial charge is 0.411 e. The average Bonchev–Trinajstić information content (AvgIpc) is 3.20. The minimum Gasteiger partial charge on any atom is -0.381 e. The Kier molecular flexibility index (Phi) is 5.69. The molecule has 1 saturated heterocycles. The molecule has 118 valence electrons. The predicted molar refractivity (Wildman–Crippen MR) is 69.6 cm³/mol. The van der Waals surface area contributed by atoms with Gasteiger partial charge in [0.25, 0.3) is 0 Å². The zero-order valence-electron chi connectivity index (χ0n) is 11.8. The van der Waals surface area contributed by atoms with E-state index in [0.717, 1.165) is 39.0 Å². The van der Waals surface area contributed by atoms with Gasteiger partial charge in [0, 0.05) is 32.4 Å². The number of halogens is 3. The number of hydrogen-bond acceptors (Lipinski definition) is 3. The van der Waals surface area contributed by atoms with E-state index < -0.39 is 12.8 Å². The van der Waals surface area contributed by atoms with Crippen LogP contribution in [0.4, 0.5) is 13.2 Å². The molecule has 0 atom stereocenters.